The molecule has 4 N–H and O–H groups in total. The van der Waals surface area contributed by atoms with E-state index in [1.807, 2.05) is 13.8 Å². The highest BCUT2D eigenvalue weighted by Gasteiger charge is 2.59. The smallest absolute Gasteiger partial charge is 0.373 e. The number of hydrogen-bond acceptors (Lipinski definition) is 8. The van der Waals surface area contributed by atoms with Crippen molar-refractivity contribution < 1.29 is 56.2 Å². The molecule has 0 bridgehead atoms. The van der Waals surface area contributed by atoms with Crippen LogP contribution in [0.4, 0.5) is 17.6 Å². The highest BCUT2D eigenvalue weighted by atomic mass is 35.5. The summed E-state index contributed by atoms with van der Waals surface area (Å²) in [5, 5.41) is 18.6. The number of carbonyl (C=O) groups excluding carboxylic acids is 7. The Morgan fingerprint density at radius 1 is 1.03 bits per heavy atom. The number of nitrogens with one attached hydrogen (secondary N) is 3. The Bertz CT molecular complexity index is 1830. The Balaban J connectivity index is 1.64. The number of alkyl halides is 4. The molecule has 4 rings (SSSR count). The van der Waals surface area contributed by atoms with Crippen LogP contribution in [0.25, 0.3) is 0 Å². The fourth-order valence-corrected chi connectivity index (χ4v) is 7.88. The molecule has 7 atom stereocenters. The van der Waals surface area contributed by atoms with Crippen LogP contribution in [0.2, 0.25) is 10.0 Å². The number of rotatable bonds is 10. The van der Waals surface area contributed by atoms with Gasteiger partial charge in [-0.2, -0.15) is 13.2 Å². The maximum Gasteiger partial charge on any atom is 0.426 e. The zero-order chi connectivity index (χ0) is 45.7. The van der Waals surface area contributed by atoms with Crippen molar-refractivity contribution in [3.05, 3.63) is 33.8 Å². The summed E-state index contributed by atoms with van der Waals surface area (Å²) in [4.78, 5) is 100. The van der Waals surface area contributed by atoms with Gasteiger partial charge in [0.25, 0.3) is 5.91 Å². The van der Waals surface area contributed by atoms with Crippen LogP contribution in [0.3, 0.4) is 0 Å². The van der Waals surface area contributed by atoms with Crippen molar-refractivity contribution in [3.63, 3.8) is 0 Å². The summed E-state index contributed by atoms with van der Waals surface area (Å²) in [6.07, 6.45) is -6.39. The monoisotopic (exact) mass is 907 g/mol. The van der Waals surface area contributed by atoms with Gasteiger partial charge >= 0.3 is 6.18 Å². The van der Waals surface area contributed by atoms with Crippen LogP contribution in [0.1, 0.15) is 71.3 Å². The first kappa shape index (κ1) is 49.4. The van der Waals surface area contributed by atoms with Crippen LogP contribution in [0.5, 0.6) is 0 Å². The number of halogens is 6. The first-order valence-corrected chi connectivity index (χ1v) is 20.9. The highest BCUT2D eigenvalue weighted by molar-refractivity contribution is 6.33. The SMILES string of the molecule is CC(C)C[C@@H]1NC(=O)[C@@H](N(C)C(=O)[C@@H](NC(=O)[C@@H]2C[C@@H](F)CN2C(=O)[C@@](C)(O)C(F)(F)F)C2CC2)CCCCN(C)C(=O)CNC(=O)[C@H](Cc2cc(Cl)ccc2Cl)N(C)C1=O. The minimum atomic E-state index is -5.43. The Hall–Kier alpha value is -4.23. The van der Waals surface area contributed by atoms with Gasteiger partial charge in [-0.25, -0.2) is 4.39 Å². The first-order chi connectivity index (χ1) is 28.3. The van der Waals surface area contributed by atoms with Crippen LogP contribution in [-0.2, 0) is 40.0 Å². The maximum absolute atomic E-state index is 14.6. The lowest BCUT2D eigenvalue weighted by atomic mass is 9.98. The molecule has 1 aromatic rings. The summed E-state index contributed by atoms with van der Waals surface area (Å²) >= 11 is 12.7. The second-order valence-corrected chi connectivity index (χ2v) is 17.6. The summed E-state index contributed by atoms with van der Waals surface area (Å²) < 4.78 is 55.3. The molecular weight excluding hydrogens is 853 g/mol. The largest absolute Gasteiger partial charge is 0.426 e. The van der Waals surface area contributed by atoms with E-state index in [9.17, 15) is 56.2 Å². The summed E-state index contributed by atoms with van der Waals surface area (Å²) in [5.41, 5.74) is -3.47. The van der Waals surface area contributed by atoms with Crippen molar-refractivity contribution in [1.82, 2.24) is 35.6 Å². The molecule has 0 aromatic heterocycles. The second kappa shape index (κ2) is 20.3. The zero-order valence-electron chi connectivity index (χ0n) is 35.0. The van der Waals surface area contributed by atoms with Gasteiger partial charge in [0.05, 0.1) is 13.1 Å². The Morgan fingerprint density at radius 3 is 2.30 bits per heavy atom. The van der Waals surface area contributed by atoms with E-state index in [1.54, 1.807) is 18.2 Å². The van der Waals surface area contributed by atoms with Gasteiger partial charge < -0.3 is 40.7 Å². The molecule has 0 spiro atoms. The number of likely N-dealkylation sites (tertiary alicyclic amines) is 1. The molecule has 3 fully saturated rings. The third-order valence-corrected chi connectivity index (χ3v) is 12.1. The maximum atomic E-state index is 14.6. The van der Waals surface area contributed by atoms with Crippen molar-refractivity contribution in [1.29, 1.82) is 0 Å². The predicted octanol–water partition coefficient (Wildman–Crippen LogP) is 2.63. The summed E-state index contributed by atoms with van der Waals surface area (Å²) in [7, 11) is 4.24. The van der Waals surface area contributed by atoms with Crippen molar-refractivity contribution in [2.24, 2.45) is 11.8 Å². The molecule has 0 unspecified atom stereocenters. The van der Waals surface area contributed by atoms with Crippen LogP contribution < -0.4 is 16.0 Å². The van der Waals surface area contributed by atoms with E-state index in [1.165, 1.54) is 26.0 Å². The van der Waals surface area contributed by atoms with E-state index in [-0.39, 0.29) is 50.2 Å². The third-order valence-electron chi connectivity index (χ3n) is 11.5. The Kier molecular flexibility index (Phi) is 16.5. The molecule has 2 aliphatic heterocycles. The molecule has 1 saturated carbocycles. The number of carbonyl (C=O) groups is 7. The van der Waals surface area contributed by atoms with E-state index in [2.05, 4.69) is 16.0 Å². The van der Waals surface area contributed by atoms with Crippen molar-refractivity contribution in [2.45, 2.75) is 120 Å². The Morgan fingerprint density at radius 2 is 1.69 bits per heavy atom. The van der Waals surface area contributed by atoms with Crippen molar-refractivity contribution in [3.8, 4) is 0 Å². The van der Waals surface area contributed by atoms with Crippen LogP contribution in [0.15, 0.2) is 18.2 Å². The van der Waals surface area contributed by atoms with E-state index in [0.29, 0.717) is 41.2 Å². The van der Waals surface area contributed by atoms with E-state index in [0.717, 1.165) is 9.80 Å². The standard InChI is InChI=1S/C40H55Cl2F4N7O8/c1-21(2)15-27-36(58)52(6)29(17-23-16-24(41)12-13-26(23)42)33(55)47-19-31(54)50(4)14-8-7-9-28(34(56)48-27)51(5)37(59)32(22-10-11-22)49-35(57)30-18-25(43)20-53(30)38(60)39(3,61)40(44,45)46/h12-13,16,21-22,25,27-30,32,61H,7-11,14-15,17-20H2,1-6H3,(H,47,55)(H,48,56)(H,49,57)/t25-,27+,28+,29+,30+,32+,39-/m1/s1. The van der Waals surface area contributed by atoms with Crippen LogP contribution in [0, 0.1) is 11.8 Å². The fourth-order valence-electron chi connectivity index (χ4n) is 7.49. The van der Waals surface area contributed by atoms with Crippen molar-refractivity contribution >= 4 is 64.6 Å². The molecule has 2 heterocycles. The highest BCUT2D eigenvalue weighted by Crippen LogP contribution is 2.36. The lowest BCUT2D eigenvalue weighted by molar-refractivity contribution is -0.250. The molecule has 7 amide bonds. The number of hydrogen-bond donors (Lipinski definition) is 4. The molecule has 2 saturated heterocycles. The molecule has 3 aliphatic rings. The van der Waals surface area contributed by atoms with Gasteiger partial charge in [0.2, 0.25) is 41.0 Å². The van der Waals surface area contributed by atoms with Gasteiger partial charge in [-0.1, -0.05) is 37.0 Å². The quantitative estimate of drug-likeness (QED) is 0.258. The van der Waals surface area contributed by atoms with Crippen LogP contribution >= 0.6 is 23.2 Å². The molecule has 15 nitrogen and oxygen atoms in total. The molecule has 61 heavy (non-hydrogen) atoms. The number of nitrogens with zero attached hydrogens (tertiary/aromatic N) is 4. The van der Waals surface area contributed by atoms with Gasteiger partial charge in [-0.3, -0.25) is 33.6 Å². The predicted molar refractivity (Wildman–Crippen MR) is 216 cm³/mol. The molecule has 1 aliphatic carbocycles. The summed E-state index contributed by atoms with van der Waals surface area (Å²) in [5.74, 6) is -6.88. The fraction of sp³-hybridized carbons (Fsp3) is 0.675. The second-order valence-electron chi connectivity index (χ2n) is 16.8. The van der Waals surface area contributed by atoms with E-state index in [4.69, 9.17) is 23.2 Å². The average Bonchev–Trinajstić information content (AvgIpc) is 3.95. The van der Waals surface area contributed by atoms with Gasteiger partial charge in [0.1, 0.15) is 36.4 Å². The average molecular weight is 909 g/mol. The lowest BCUT2D eigenvalue weighted by Crippen LogP contribution is -2.61. The number of aliphatic hydroxyl groups is 1. The summed E-state index contributed by atoms with van der Waals surface area (Å²) in [6, 6.07) is -2.13. The summed E-state index contributed by atoms with van der Waals surface area (Å²) in [6.45, 7) is 2.80. The van der Waals surface area contributed by atoms with Gasteiger partial charge in [0.15, 0.2) is 0 Å². The van der Waals surface area contributed by atoms with Gasteiger partial charge in [0, 0.05) is 50.6 Å². The van der Waals surface area contributed by atoms with Gasteiger partial charge in [-0.05, 0) is 81.0 Å². The molecular formula is C40H55Cl2F4N7O8. The van der Waals surface area contributed by atoms with E-state index < -0.39 is 108 Å². The third kappa shape index (κ3) is 12.2. The van der Waals surface area contributed by atoms with Crippen LogP contribution in [-0.4, -0.2) is 155 Å². The molecule has 0 radical (unpaired) electrons. The van der Waals surface area contributed by atoms with Gasteiger partial charge in [-0.15, -0.1) is 0 Å². The number of likely N-dealkylation sites (N-methyl/N-ethyl adjacent to an activating group) is 3. The minimum Gasteiger partial charge on any atom is -0.373 e. The normalized spacial score (nSPS) is 25.5. The number of benzene rings is 1. The first-order valence-electron chi connectivity index (χ1n) is 20.2. The molecule has 1 aromatic carbocycles. The lowest BCUT2D eigenvalue weighted by Gasteiger charge is -2.35. The van der Waals surface area contributed by atoms with E-state index >= 15 is 0 Å². The molecule has 340 valence electrons. The number of amides is 7. The minimum absolute atomic E-state index is 0.0352. The topological polar surface area (TPSA) is 189 Å². The molecule has 21 heteroatoms. The zero-order valence-corrected chi connectivity index (χ0v) is 36.5. The Labute approximate surface area is 362 Å². The van der Waals surface area contributed by atoms with Crippen molar-refractivity contribution in [2.75, 3.05) is 40.8 Å².